The number of hydrogen-bond donors (Lipinski definition) is 2. The molecule has 5 aromatic rings. The molecule has 2 aliphatic heterocycles. The van der Waals surface area contributed by atoms with Crippen LogP contribution in [-0.4, -0.2) is 12.6 Å². The van der Waals surface area contributed by atoms with E-state index in [9.17, 15) is 4.79 Å². The van der Waals surface area contributed by atoms with Gasteiger partial charge in [0.15, 0.2) is 5.60 Å². The summed E-state index contributed by atoms with van der Waals surface area (Å²) < 4.78 is 18.5. The molecule has 1 unspecified atom stereocenters. The van der Waals surface area contributed by atoms with Gasteiger partial charge in [-0.25, -0.2) is 4.79 Å². The minimum absolute atomic E-state index is 0.354. The zero-order valence-electron chi connectivity index (χ0n) is 22.7. The Morgan fingerprint density at radius 3 is 2.22 bits per heavy atom. The van der Waals surface area contributed by atoms with Crippen molar-refractivity contribution in [2.24, 2.45) is 0 Å². The van der Waals surface area contributed by atoms with Crippen molar-refractivity contribution in [3.8, 4) is 17.2 Å². The molecule has 1 spiro atoms. The fraction of sp³-hybridized carbons (Fsp3) is 0.114. The molecule has 0 fully saturated rings. The lowest BCUT2D eigenvalue weighted by molar-refractivity contribution is 0.0224. The van der Waals surface area contributed by atoms with Gasteiger partial charge < -0.3 is 24.8 Å². The smallest absolute Gasteiger partial charge is 0.340 e. The maximum absolute atomic E-state index is 13.3. The Morgan fingerprint density at radius 1 is 0.707 bits per heavy atom. The van der Waals surface area contributed by atoms with E-state index in [0.29, 0.717) is 23.7 Å². The lowest BCUT2D eigenvalue weighted by Gasteiger charge is -2.37. The molecular weight excluding hydrogens is 512 g/mol. The lowest BCUT2D eigenvalue weighted by atomic mass is 9.77. The molecule has 2 N–H and O–H groups in total. The third kappa shape index (κ3) is 4.16. The van der Waals surface area contributed by atoms with Crippen LogP contribution in [0.15, 0.2) is 109 Å². The van der Waals surface area contributed by atoms with E-state index in [1.54, 1.807) is 0 Å². The van der Waals surface area contributed by atoms with Crippen LogP contribution in [0.4, 0.5) is 22.7 Å². The van der Waals surface area contributed by atoms with E-state index in [1.165, 1.54) is 0 Å². The van der Waals surface area contributed by atoms with Crippen LogP contribution in [0, 0.1) is 6.92 Å². The first-order chi connectivity index (χ1) is 20.0. The minimum Gasteiger partial charge on any atom is -0.494 e. The summed E-state index contributed by atoms with van der Waals surface area (Å²) in [7, 11) is 0. The summed E-state index contributed by atoms with van der Waals surface area (Å²) in [6.45, 7) is 4.61. The summed E-state index contributed by atoms with van der Waals surface area (Å²) in [6.07, 6.45) is 0. The molecule has 0 amide bonds. The van der Waals surface area contributed by atoms with Crippen LogP contribution in [0.1, 0.15) is 39.5 Å². The highest BCUT2D eigenvalue weighted by Gasteiger charge is 2.53. The van der Waals surface area contributed by atoms with Gasteiger partial charge >= 0.3 is 5.97 Å². The van der Waals surface area contributed by atoms with E-state index < -0.39 is 5.60 Å². The SMILES string of the molecule is CCOc1ccc(Nc2cc3c(cc2C)Oc2cc(Nc4ccccc4)ccc2C32OC(=O)c3ccccc32)cc1. The second kappa shape index (κ2) is 9.75. The number of para-hydroxylation sites is 1. The molecule has 0 radical (unpaired) electrons. The van der Waals surface area contributed by atoms with E-state index in [1.807, 2.05) is 123 Å². The van der Waals surface area contributed by atoms with Crippen molar-refractivity contribution >= 4 is 28.7 Å². The second-order valence-corrected chi connectivity index (χ2v) is 10.2. The van der Waals surface area contributed by atoms with Gasteiger partial charge in [0.05, 0.1) is 12.2 Å². The molecule has 0 bridgehead atoms. The highest BCUT2D eigenvalue weighted by molar-refractivity contribution is 5.97. The van der Waals surface area contributed by atoms with Crippen molar-refractivity contribution in [2.75, 3.05) is 17.2 Å². The predicted molar refractivity (Wildman–Crippen MR) is 160 cm³/mol. The van der Waals surface area contributed by atoms with Gasteiger partial charge in [0.25, 0.3) is 0 Å². The third-order valence-electron chi connectivity index (χ3n) is 7.57. The van der Waals surface area contributed by atoms with Crippen LogP contribution in [0.25, 0.3) is 0 Å². The number of carbonyl (C=O) groups is 1. The van der Waals surface area contributed by atoms with Crippen molar-refractivity contribution in [1.82, 2.24) is 0 Å². The molecule has 6 heteroatoms. The van der Waals surface area contributed by atoms with Crippen LogP contribution in [-0.2, 0) is 10.3 Å². The highest BCUT2D eigenvalue weighted by atomic mass is 16.6. The van der Waals surface area contributed by atoms with Crippen molar-refractivity contribution < 1.29 is 19.0 Å². The van der Waals surface area contributed by atoms with Gasteiger partial charge in [-0.1, -0.05) is 36.4 Å². The van der Waals surface area contributed by atoms with Gasteiger partial charge in [-0.2, -0.15) is 0 Å². The maximum atomic E-state index is 13.3. The van der Waals surface area contributed by atoms with Crippen LogP contribution in [0.3, 0.4) is 0 Å². The van der Waals surface area contributed by atoms with Crippen LogP contribution in [0.5, 0.6) is 17.2 Å². The number of aryl methyl sites for hydroxylation is 1. The summed E-state index contributed by atoms with van der Waals surface area (Å²) in [5.41, 5.74) is 6.40. The topological polar surface area (TPSA) is 68.8 Å². The van der Waals surface area contributed by atoms with E-state index >= 15 is 0 Å². The number of hydrogen-bond acceptors (Lipinski definition) is 6. The first kappa shape index (κ1) is 24.8. The Morgan fingerprint density at radius 2 is 1.41 bits per heavy atom. The predicted octanol–water partition coefficient (Wildman–Crippen LogP) is 8.45. The molecule has 6 nitrogen and oxygen atoms in total. The monoisotopic (exact) mass is 540 g/mol. The fourth-order valence-corrected chi connectivity index (χ4v) is 5.68. The van der Waals surface area contributed by atoms with Crippen molar-refractivity contribution in [3.63, 3.8) is 0 Å². The Labute approximate surface area is 238 Å². The number of esters is 1. The molecular formula is C35H28N2O4. The summed E-state index contributed by atoms with van der Waals surface area (Å²) in [6, 6.07) is 35.4. The van der Waals surface area contributed by atoms with Gasteiger partial charge in [0.2, 0.25) is 0 Å². The highest BCUT2D eigenvalue weighted by Crippen LogP contribution is 2.57. The zero-order chi connectivity index (χ0) is 28.0. The molecule has 202 valence electrons. The number of carbonyl (C=O) groups excluding carboxylic acids is 1. The molecule has 41 heavy (non-hydrogen) atoms. The molecule has 7 rings (SSSR count). The quantitative estimate of drug-likeness (QED) is 0.211. The molecule has 1 atom stereocenters. The van der Waals surface area contributed by atoms with Crippen LogP contribution < -0.4 is 20.1 Å². The lowest BCUT2D eigenvalue weighted by Crippen LogP contribution is -2.33. The van der Waals surface area contributed by atoms with Gasteiger partial charge in [-0.3, -0.25) is 0 Å². The van der Waals surface area contributed by atoms with E-state index in [-0.39, 0.29) is 5.97 Å². The number of anilines is 4. The standard InChI is InChI=1S/C35H28N2O4/c1-3-39-26-16-13-24(14-17-26)37-31-21-30-32(19-22(31)2)40-33-20-25(36-23-9-5-4-6-10-23)15-18-29(33)35(30)28-12-8-7-11-27(28)34(38)41-35/h4-21,36-37H,3H2,1-2H3. The Hall–Kier alpha value is -5.23. The Kier molecular flexibility index (Phi) is 5.89. The molecule has 0 saturated heterocycles. The van der Waals surface area contributed by atoms with E-state index in [2.05, 4.69) is 10.6 Å². The minimum atomic E-state index is -1.15. The largest absolute Gasteiger partial charge is 0.494 e. The molecule has 0 aromatic heterocycles. The first-order valence-corrected chi connectivity index (χ1v) is 13.7. The van der Waals surface area contributed by atoms with E-state index in [0.717, 1.165) is 50.8 Å². The van der Waals surface area contributed by atoms with Crippen LogP contribution in [0.2, 0.25) is 0 Å². The maximum Gasteiger partial charge on any atom is 0.340 e. The Balaban J connectivity index is 1.35. The fourth-order valence-electron chi connectivity index (χ4n) is 5.68. The van der Waals surface area contributed by atoms with Gasteiger partial charge in [0.1, 0.15) is 17.2 Å². The van der Waals surface area contributed by atoms with Crippen molar-refractivity contribution in [1.29, 1.82) is 0 Å². The number of rotatable bonds is 6. The molecule has 5 aromatic carbocycles. The normalized spacial score (nSPS) is 16.2. The first-order valence-electron chi connectivity index (χ1n) is 13.7. The summed E-state index contributed by atoms with van der Waals surface area (Å²) in [5.74, 6) is 1.75. The van der Waals surface area contributed by atoms with E-state index in [4.69, 9.17) is 14.2 Å². The summed E-state index contributed by atoms with van der Waals surface area (Å²) in [4.78, 5) is 13.3. The number of fused-ring (bicyclic) bond motifs is 6. The molecule has 2 heterocycles. The number of benzene rings is 5. The van der Waals surface area contributed by atoms with Gasteiger partial charge in [-0.15, -0.1) is 0 Å². The second-order valence-electron chi connectivity index (χ2n) is 10.2. The number of nitrogens with one attached hydrogen (secondary N) is 2. The average Bonchev–Trinajstić information content (AvgIpc) is 3.28. The van der Waals surface area contributed by atoms with Crippen LogP contribution >= 0.6 is 0 Å². The Bertz CT molecular complexity index is 1780. The summed E-state index contributed by atoms with van der Waals surface area (Å²) >= 11 is 0. The van der Waals surface area contributed by atoms with Crippen molar-refractivity contribution in [2.45, 2.75) is 19.4 Å². The molecule has 0 aliphatic carbocycles. The summed E-state index contributed by atoms with van der Waals surface area (Å²) in [5, 5.41) is 6.97. The molecule has 2 aliphatic rings. The third-order valence-corrected chi connectivity index (χ3v) is 7.57. The van der Waals surface area contributed by atoms with Crippen molar-refractivity contribution in [3.05, 3.63) is 137 Å². The number of ether oxygens (including phenoxy) is 3. The van der Waals surface area contributed by atoms with Gasteiger partial charge in [-0.05, 0) is 86.1 Å². The molecule has 0 saturated carbocycles. The van der Waals surface area contributed by atoms with Gasteiger partial charge in [0, 0.05) is 45.5 Å². The zero-order valence-corrected chi connectivity index (χ0v) is 22.7. The average molecular weight is 541 g/mol.